The van der Waals surface area contributed by atoms with E-state index in [1.165, 1.54) is 30.3 Å². The topological polar surface area (TPSA) is 78.8 Å². The van der Waals surface area contributed by atoms with Crippen molar-refractivity contribution < 1.29 is 13.2 Å². The van der Waals surface area contributed by atoms with Crippen LogP contribution in [0.1, 0.15) is 12.5 Å². The summed E-state index contributed by atoms with van der Waals surface area (Å²) in [6, 6.07) is 19.6. The van der Waals surface area contributed by atoms with Gasteiger partial charge in [0.05, 0.1) is 26.3 Å². The summed E-state index contributed by atoms with van der Waals surface area (Å²) in [5.41, 5.74) is 4.00. The van der Waals surface area contributed by atoms with Gasteiger partial charge in [-0.05, 0) is 55.0 Å². The van der Waals surface area contributed by atoms with Crippen molar-refractivity contribution in [3.05, 3.63) is 92.9 Å². The average Bonchev–Trinajstić information content (AvgIpc) is 2.78. The molecule has 0 heterocycles. The van der Waals surface area contributed by atoms with Crippen LogP contribution in [0.2, 0.25) is 10.0 Å². The fourth-order valence-electron chi connectivity index (χ4n) is 2.74. The number of sulfonamides is 1. The first kappa shape index (κ1) is 24.3. The molecule has 0 saturated heterocycles. The molecule has 166 valence electrons. The zero-order valence-corrected chi connectivity index (χ0v) is 20.7. The van der Waals surface area contributed by atoms with E-state index in [0.29, 0.717) is 5.71 Å². The maximum Gasteiger partial charge on any atom is 0.264 e. The highest BCUT2D eigenvalue weighted by Crippen LogP contribution is 2.30. The molecule has 0 fully saturated rings. The number of rotatable bonds is 7. The Morgan fingerprint density at radius 2 is 1.66 bits per heavy atom. The summed E-state index contributed by atoms with van der Waals surface area (Å²) >= 11 is 15.4. The second-order valence-corrected chi connectivity index (χ2v) is 10.3. The lowest BCUT2D eigenvalue weighted by Gasteiger charge is -2.24. The number of benzene rings is 3. The van der Waals surface area contributed by atoms with Gasteiger partial charge in [0.15, 0.2) is 0 Å². The zero-order chi connectivity index (χ0) is 23.3. The summed E-state index contributed by atoms with van der Waals surface area (Å²) in [4.78, 5) is 12.7. The number of nitrogens with one attached hydrogen (secondary N) is 1. The lowest BCUT2D eigenvalue weighted by Crippen LogP contribution is -2.39. The van der Waals surface area contributed by atoms with Crippen LogP contribution in [0, 0.1) is 0 Å². The van der Waals surface area contributed by atoms with E-state index in [4.69, 9.17) is 23.2 Å². The second kappa shape index (κ2) is 10.5. The van der Waals surface area contributed by atoms with E-state index >= 15 is 0 Å². The fraction of sp³-hybridized carbons (Fsp3) is 0.0909. The van der Waals surface area contributed by atoms with E-state index in [0.717, 1.165) is 14.3 Å². The minimum Gasteiger partial charge on any atom is -0.271 e. The molecule has 0 bridgehead atoms. The molecule has 1 N–H and O–H groups in total. The molecule has 6 nitrogen and oxygen atoms in total. The van der Waals surface area contributed by atoms with Crippen molar-refractivity contribution in [1.29, 1.82) is 0 Å². The largest absolute Gasteiger partial charge is 0.271 e. The maximum atomic E-state index is 13.3. The minimum atomic E-state index is -4.06. The normalized spacial score (nSPS) is 11.8. The molecule has 3 rings (SSSR count). The van der Waals surface area contributed by atoms with E-state index in [-0.39, 0.29) is 20.6 Å². The van der Waals surface area contributed by atoms with Crippen LogP contribution in [0.3, 0.4) is 0 Å². The van der Waals surface area contributed by atoms with Gasteiger partial charge >= 0.3 is 0 Å². The highest BCUT2D eigenvalue weighted by Gasteiger charge is 2.27. The summed E-state index contributed by atoms with van der Waals surface area (Å²) in [7, 11) is -4.06. The van der Waals surface area contributed by atoms with Crippen molar-refractivity contribution >= 4 is 66.5 Å². The first-order chi connectivity index (χ1) is 15.2. The molecule has 0 aromatic heterocycles. The van der Waals surface area contributed by atoms with E-state index in [2.05, 4.69) is 26.5 Å². The van der Waals surface area contributed by atoms with Gasteiger partial charge in [0.1, 0.15) is 6.54 Å². The van der Waals surface area contributed by atoms with Gasteiger partial charge in [-0.2, -0.15) is 5.10 Å². The molecule has 0 atom stereocenters. The van der Waals surface area contributed by atoms with Crippen molar-refractivity contribution in [2.24, 2.45) is 5.10 Å². The second-order valence-electron chi connectivity index (χ2n) is 6.66. The molecule has 0 aliphatic heterocycles. The Labute approximate surface area is 205 Å². The van der Waals surface area contributed by atoms with E-state index in [1.54, 1.807) is 25.1 Å². The van der Waals surface area contributed by atoms with Gasteiger partial charge in [0, 0.05) is 4.47 Å². The third-order valence-electron chi connectivity index (χ3n) is 4.42. The van der Waals surface area contributed by atoms with Crippen molar-refractivity contribution in [1.82, 2.24) is 5.43 Å². The van der Waals surface area contributed by atoms with E-state index < -0.39 is 22.5 Å². The van der Waals surface area contributed by atoms with E-state index in [9.17, 15) is 13.2 Å². The smallest absolute Gasteiger partial charge is 0.264 e. The van der Waals surface area contributed by atoms with Crippen LogP contribution in [0.4, 0.5) is 5.69 Å². The van der Waals surface area contributed by atoms with Crippen molar-refractivity contribution in [3.63, 3.8) is 0 Å². The molecule has 32 heavy (non-hydrogen) atoms. The molecule has 0 unspecified atom stereocenters. The Bertz CT molecular complexity index is 1250. The number of anilines is 1. The maximum absolute atomic E-state index is 13.3. The van der Waals surface area contributed by atoms with Crippen LogP contribution in [-0.2, 0) is 14.8 Å². The number of amides is 1. The molecule has 3 aromatic rings. The third kappa shape index (κ3) is 5.89. The van der Waals surface area contributed by atoms with E-state index in [1.807, 2.05) is 24.3 Å². The number of hydrazone groups is 1. The molecule has 3 aromatic carbocycles. The van der Waals surface area contributed by atoms with Gasteiger partial charge in [-0.1, -0.05) is 69.5 Å². The van der Waals surface area contributed by atoms with Crippen LogP contribution in [-0.4, -0.2) is 26.6 Å². The van der Waals surface area contributed by atoms with Crippen LogP contribution in [0.15, 0.2) is 87.3 Å². The van der Waals surface area contributed by atoms with Gasteiger partial charge in [-0.3, -0.25) is 9.10 Å². The average molecular weight is 555 g/mol. The lowest BCUT2D eigenvalue weighted by atomic mass is 10.1. The molecule has 10 heteroatoms. The highest BCUT2D eigenvalue weighted by molar-refractivity contribution is 9.10. The Morgan fingerprint density at radius 3 is 2.28 bits per heavy atom. The van der Waals surface area contributed by atoms with Gasteiger partial charge < -0.3 is 0 Å². The SMILES string of the molecule is C/C(=N\NC(=O)CN(c1ccc(Cl)c(Cl)c1)S(=O)(=O)c1ccccc1)c1ccc(Br)cc1. The monoisotopic (exact) mass is 553 g/mol. The Hall–Kier alpha value is -2.39. The molecular weight excluding hydrogens is 537 g/mol. The van der Waals surface area contributed by atoms with Crippen molar-refractivity contribution in [3.8, 4) is 0 Å². The quantitative estimate of drug-likeness (QED) is 0.310. The lowest BCUT2D eigenvalue weighted by molar-refractivity contribution is -0.119. The van der Waals surface area contributed by atoms with Crippen molar-refractivity contribution in [2.45, 2.75) is 11.8 Å². The summed E-state index contributed by atoms with van der Waals surface area (Å²) in [6.45, 7) is 1.23. The zero-order valence-electron chi connectivity index (χ0n) is 16.8. The highest BCUT2D eigenvalue weighted by atomic mass is 79.9. The number of hydrogen-bond acceptors (Lipinski definition) is 4. The molecule has 0 saturated carbocycles. The molecule has 1 amide bonds. The van der Waals surface area contributed by atoms with Gasteiger partial charge in [0.2, 0.25) is 0 Å². The number of hydrogen-bond donors (Lipinski definition) is 1. The minimum absolute atomic E-state index is 0.0356. The molecule has 0 aliphatic carbocycles. The Kier molecular flexibility index (Phi) is 7.95. The van der Waals surface area contributed by atoms with Crippen LogP contribution < -0.4 is 9.73 Å². The van der Waals surface area contributed by atoms with Crippen molar-refractivity contribution in [2.75, 3.05) is 10.8 Å². The molecular formula is C22H18BrCl2N3O3S. The number of halogens is 3. The number of carbonyl (C=O) groups excluding carboxylic acids is 1. The first-order valence-electron chi connectivity index (χ1n) is 9.30. The number of carbonyl (C=O) groups is 1. The summed E-state index contributed by atoms with van der Waals surface area (Å²) in [5, 5.41) is 4.53. The van der Waals surface area contributed by atoms with Gasteiger partial charge in [0.25, 0.3) is 15.9 Å². The summed E-state index contributed by atoms with van der Waals surface area (Å²) in [5.74, 6) is -0.618. The Balaban J connectivity index is 1.88. The summed E-state index contributed by atoms with van der Waals surface area (Å²) < 4.78 is 28.5. The standard InChI is InChI=1S/C22H18BrCl2N3O3S/c1-15(16-7-9-17(23)10-8-16)26-27-22(29)14-28(18-11-12-20(24)21(25)13-18)32(30,31)19-5-3-2-4-6-19/h2-13H,14H2,1H3,(H,27,29)/b26-15+. The van der Waals surface area contributed by atoms with Crippen LogP contribution >= 0.6 is 39.1 Å². The van der Waals surface area contributed by atoms with Crippen LogP contribution in [0.25, 0.3) is 0 Å². The predicted molar refractivity (Wildman–Crippen MR) is 132 cm³/mol. The summed E-state index contributed by atoms with van der Waals surface area (Å²) in [6.07, 6.45) is 0. The first-order valence-corrected chi connectivity index (χ1v) is 12.3. The molecule has 0 aliphatic rings. The third-order valence-corrected chi connectivity index (χ3v) is 7.48. The van der Waals surface area contributed by atoms with Gasteiger partial charge in [-0.15, -0.1) is 0 Å². The Morgan fingerprint density at radius 1 is 1.00 bits per heavy atom. The molecule has 0 spiro atoms. The molecule has 0 radical (unpaired) electrons. The fourth-order valence-corrected chi connectivity index (χ4v) is 4.73. The number of nitrogens with zero attached hydrogens (tertiary/aromatic N) is 2. The van der Waals surface area contributed by atoms with Crippen LogP contribution in [0.5, 0.6) is 0 Å². The predicted octanol–water partition coefficient (Wildman–Crippen LogP) is 5.49. The van der Waals surface area contributed by atoms with Gasteiger partial charge in [-0.25, -0.2) is 13.8 Å².